The van der Waals surface area contributed by atoms with E-state index in [1.807, 2.05) is 36.5 Å². The minimum Gasteiger partial charge on any atom is -0.494 e. The van der Waals surface area contributed by atoms with E-state index in [4.69, 9.17) is 4.74 Å². The predicted octanol–water partition coefficient (Wildman–Crippen LogP) is 4.89. The molecule has 0 atom stereocenters. The van der Waals surface area contributed by atoms with Gasteiger partial charge in [0.05, 0.1) is 18.0 Å². The summed E-state index contributed by atoms with van der Waals surface area (Å²) in [6.07, 6.45) is 5.66. The monoisotopic (exact) mass is 451 g/mol. The topological polar surface area (TPSA) is 77.0 Å². The van der Waals surface area contributed by atoms with Crippen LogP contribution in [0.25, 0.3) is 43.0 Å². The van der Waals surface area contributed by atoms with E-state index >= 15 is 0 Å². The number of hydrogen-bond acceptors (Lipinski definition) is 5. The minimum absolute atomic E-state index is 0. The average Bonchev–Trinajstić information content (AvgIpc) is 3.54. The molecule has 156 valence electrons. The Kier molecular flexibility index (Phi) is 4.60. The number of nitrogens with one attached hydrogen (secondary N) is 1. The highest BCUT2D eigenvalue weighted by Crippen LogP contribution is 2.44. The number of ether oxygens (including phenoxy) is 1. The summed E-state index contributed by atoms with van der Waals surface area (Å²) in [7, 11) is 1.63. The molecule has 0 radical (unpaired) electrons. The van der Waals surface area contributed by atoms with Crippen molar-refractivity contribution < 1.29 is 4.74 Å². The highest BCUT2D eigenvalue weighted by molar-refractivity contribution is 7.12. The SMILES string of the molecule is COc1c(-c2ccc3cnccc3c2)ccc2c(=O)c3c(=O)[nH]sc3n(C3CC3)c12.Cl. The second kappa shape index (κ2) is 7.21. The van der Waals surface area contributed by atoms with Crippen LogP contribution in [-0.2, 0) is 0 Å². The first-order valence-corrected chi connectivity index (χ1v) is 10.6. The number of methoxy groups -OCH3 is 1. The standard InChI is InChI=1S/C23H17N3O3S.ClH/c1-29-21-16(13-2-3-14-11-24-9-8-12(14)10-13)6-7-17-19(21)26(15-4-5-15)23-18(20(17)27)22(28)25-30-23;/h2-3,6-11,15H,4-5H2,1H3,(H,25,28);1H. The largest absolute Gasteiger partial charge is 0.494 e. The lowest BCUT2D eigenvalue weighted by Crippen LogP contribution is -2.15. The molecule has 0 spiro atoms. The van der Waals surface area contributed by atoms with Crippen LogP contribution < -0.4 is 15.7 Å². The zero-order chi connectivity index (χ0) is 20.4. The van der Waals surface area contributed by atoms with Crippen molar-refractivity contribution in [2.75, 3.05) is 7.11 Å². The summed E-state index contributed by atoms with van der Waals surface area (Å²) >= 11 is 1.22. The van der Waals surface area contributed by atoms with Crippen molar-refractivity contribution in [3.05, 3.63) is 69.4 Å². The molecule has 0 unspecified atom stereocenters. The fourth-order valence-corrected chi connectivity index (χ4v) is 5.18. The molecule has 0 amide bonds. The number of aromatic amines is 1. The van der Waals surface area contributed by atoms with Crippen molar-refractivity contribution in [2.45, 2.75) is 18.9 Å². The lowest BCUT2D eigenvalue weighted by molar-refractivity contribution is 0.419. The Bertz CT molecular complexity index is 1600. The fourth-order valence-electron chi connectivity index (χ4n) is 4.26. The lowest BCUT2D eigenvalue weighted by Gasteiger charge is -2.17. The zero-order valence-corrected chi connectivity index (χ0v) is 18.2. The Labute approximate surface area is 186 Å². The minimum atomic E-state index is -0.317. The van der Waals surface area contributed by atoms with Crippen molar-refractivity contribution in [2.24, 2.45) is 0 Å². The molecule has 3 heterocycles. The van der Waals surface area contributed by atoms with Gasteiger partial charge in [-0.15, -0.1) is 12.4 Å². The van der Waals surface area contributed by atoms with Gasteiger partial charge in [-0.05, 0) is 59.6 Å². The maximum atomic E-state index is 13.2. The van der Waals surface area contributed by atoms with Gasteiger partial charge in [0, 0.05) is 29.4 Å². The maximum absolute atomic E-state index is 13.2. The van der Waals surface area contributed by atoms with E-state index in [0.717, 1.165) is 40.3 Å². The molecule has 6 nitrogen and oxygen atoms in total. The second-order valence-corrected chi connectivity index (χ2v) is 8.42. The second-order valence-electron chi connectivity index (χ2n) is 7.62. The number of benzene rings is 2. The molecule has 8 heteroatoms. The van der Waals surface area contributed by atoms with Crippen LogP contribution in [0.3, 0.4) is 0 Å². The molecule has 2 aromatic carbocycles. The van der Waals surface area contributed by atoms with Crippen LogP contribution in [0.15, 0.2) is 58.4 Å². The number of hydrogen-bond donors (Lipinski definition) is 1. The fraction of sp³-hybridized carbons (Fsp3) is 0.174. The van der Waals surface area contributed by atoms with Gasteiger partial charge in [0.1, 0.15) is 10.2 Å². The van der Waals surface area contributed by atoms with E-state index in [1.54, 1.807) is 13.3 Å². The van der Waals surface area contributed by atoms with Gasteiger partial charge in [-0.3, -0.25) is 18.9 Å². The van der Waals surface area contributed by atoms with Crippen LogP contribution in [0.2, 0.25) is 0 Å². The van der Waals surface area contributed by atoms with Crippen molar-refractivity contribution in [1.29, 1.82) is 0 Å². The van der Waals surface area contributed by atoms with Crippen molar-refractivity contribution in [3.8, 4) is 16.9 Å². The number of halogens is 1. The van der Waals surface area contributed by atoms with Gasteiger partial charge in [0.2, 0.25) is 5.43 Å². The number of fused-ring (bicyclic) bond motifs is 3. The number of nitrogens with zero attached hydrogens (tertiary/aromatic N) is 2. The molecular formula is C23H18ClN3O3S. The number of rotatable bonds is 3. The van der Waals surface area contributed by atoms with Crippen LogP contribution in [0, 0.1) is 0 Å². The third-order valence-electron chi connectivity index (χ3n) is 5.81. The Hall–Kier alpha value is -3.16. The molecule has 3 aromatic heterocycles. The van der Waals surface area contributed by atoms with Crippen molar-refractivity contribution in [1.82, 2.24) is 13.9 Å². The molecular weight excluding hydrogens is 434 g/mol. The summed E-state index contributed by atoms with van der Waals surface area (Å²) in [6, 6.07) is 12.2. The highest BCUT2D eigenvalue weighted by Gasteiger charge is 2.30. The van der Waals surface area contributed by atoms with Crippen molar-refractivity contribution in [3.63, 3.8) is 0 Å². The Balaban J connectivity index is 0.00000204. The Morgan fingerprint density at radius 3 is 2.74 bits per heavy atom. The molecule has 1 saturated carbocycles. The number of H-pyrrole nitrogens is 1. The molecule has 1 aliphatic carbocycles. The summed E-state index contributed by atoms with van der Waals surface area (Å²) in [6.45, 7) is 0. The van der Waals surface area contributed by atoms with Gasteiger partial charge >= 0.3 is 0 Å². The van der Waals surface area contributed by atoms with Gasteiger partial charge in [-0.1, -0.05) is 12.1 Å². The van der Waals surface area contributed by atoms with Crippen LogP contribution in [0.5, 0.6) is 5.75 Å². The van der Waals surface area contributed by atoms with Gasteiger partial charge < -0.3 is 9.30 Å². The van der Waals surface area contributed by atoms with Gasteiger partial charge in [0.25, 0.3) is 5.56 Å². The lowest BCUT2D eigenvalue weighted by atomic mass is 9.99. The van der Waals surface area contributed by atoms with Gasteiger partial charge in [-0.25, -0.2) is 0 Å². The Morgan fingerprint density at radius 2 is 1.97 bits per heavy atom. The first-order chi connectivity index (χ1) is 14.7. The number of pyridine rings is 2. The van der Waals surface area contributed by atoms with Gasteiger partial charge in [0.15, 0.2) is 5.75 Å². The van der Waals surface area contributed by atoms with Gasteiger partial charge in [-0.2, -0.15) is 0 Å². The van der Waals surface area contributed by atoms with Crippen LogP contribution in [0.1, 0.15) is 18.9 Å². The van der Waals surface area contributed by atoms with E-state index in [0.29, 0.717) is 16.0 Å². The van der Waals surface area contributed by atoms with E-state index in [9.17, 15) is 9.59 Å². The van der Waals surface area contributed by atoms with E-state index < -0.39 is 0 Å². The molecule has 1 fully saturated rings. The molecule has 6 rings (SSSR count). The Morgan fingerprint density at radius 1 is 1.13 bits per heavy atom. The van der Waals surface area contributed by atoms with Crippen LogP contribution in [0.4, 0.5) is 0 Å². The smallest absolute Gasteiger partial charge is 0.271 e. The summed E-state index contributed by atoms with van der Waals surface area (Å²) < 4.78 is 10.8. The third kappa shape index (κ3) is 2.88. The molecule has 1 aliphatic rings. The number of aromatic nitrogens is 3. The van der Waals surface area contributed by atoms with Crippen molar-refractivity contribution >= 4 is 55.8 Å². The molecule has 0 bridgehead atoms. The first kappa shape index (κ1) is 19.8. The molecule has 0 aliphatic heterocycles. The first-order valence-electron chi connectivity index (χ1n) is 9.78. The van der Waals surface area contributed by atoms with Crippen LogP contribution in [-0.4, -0.2) is 21.0 Å². The quantitative estimate of drug-likeness (QED) is 0.424. The molecule has 1 N–H and O–H groups in total. The zero-order valence-electron chi connectivity index (χ0n) is 16.5. The summed E-state index contributed by atoms with van der Waals surface area (Å²) in [5.74, 6) is 0.660. The normalized spacial score (nSPS) is 13.6. The predicted molar refractivity (Wildman–Crippen MR) is 127 cm³/mol. The summed E-state index contributed by atoms with van der Waals surface area (Å²) in [5.41, 5.74) is 2.13. The highest BCUT2D eigenvalue weighted by atomic mass is 35.5. The molecule has 5 aromatic rings. The van der Waals surface area contributed by atoms with E-state index in [1.165, 1.54) is 11.5 Å². The summed E-state index contributed by atoms with van der Waals surface area (Å²) in [4.78, 5) is 30.4. The van der Waals surface area contributed by atoms with E-state index in [2.05, 4.69) is 20.0 Å². The average molecular weight is 452 g/mol. The van der Waals surface area contributed by atoms with Crippen LogP contribution >= 0.6 is 23.9 Å². The molecule has 0 saturated heterocycles. The third-order valence-corrected chi connectivity index (χ3v) is 6.69. The molecule has 31 heavy (non-hydrogen) atoms. The van der Waals surface area contributed by atoms with E-state index in [-0.39, 0.29) is 34.8 Å². The maximum Gasteiger partial charge on any atom is 0.271 e. The summed E-state index contributed by atoms with van der Waals surface area (Å²) in [5, 5.41) is 2.91.